The molecule has 0 aliphatic carbocycles. The van der Waals surface area contributed by atoms with Gasteiger partial charge in [0.05, 0.1) is 19.8 Å². The number of aliphatic hydroxyl groups excluding tert-OH is 3. The topological polar surface area (TPSA) is 178 Å². The van der Waals surface area contributed by atoms with Gasteiger partial charge in [-0.1, -0.05) is 244 Å². The van der Waals surface area contributed by atoms with Crippen molar-refractivity contribution in [1.29, 1.82) is 0 Å². The van der Waals surface area contributed by atoms with Crippen LogP contribution in [0.1, 0.15) is 277 Å². The average Bonchev–Trinajstić information content (AvgIpc) is 3.32. The lowest BCUT2D eigenvalue weighted by atomic mass is 9.99. The highest BCUT2D eigenvalue weighted by atomic mass is 32.3. The third kappa shape index (κ3) is 40.9. The maximum atomic E-state index is 12.9. The fraction of sp³-hybridized carbons (Fsp3) is 0.946. The summed E-state index contributed by atoms with van der Waals surface area (Å²) >= 11 is 0. The molecule has 1 saturated heterocycles. The summed E-state index contributed by atoms with van der Waals surface area (Å²) in [5, 5.41) is 30.8. The molecule has 0 amide bonds. The van der Waals surface area contributed by atoms with Crippen LogP contribution in [0.15, 0.2) is 12.2 Å². The summed E-state index contributed by atoms with van der Waals surface area (Å²) in [7, 11) is -5.06. The number of esters is 1. The molecule has 6 atom stereocenters. The van der Waals surface area contributed by atoms with E-state index in [-0.39, 0.29) is 19.6 Å². The van der Waals surface area contributed by atoms with Gasteiger partial charge >= 0.3 is 16.4 Å². The van der Waals surface area contributed by atoms with Gasteiger partial charge in [0.1, 0.15) is 30.5 Å². The fourth-order valence-electron chi connectivity index (χ4n) is 9.26. The molecule has 4 N–H and O–H groups in total. The number of allylic oxidation sites excluding steroid dienone is 2. The van der Waals surface area contributed by atoms with E-state index in [9.17, 15) is 33.1 Å². The molecule has 0 spiro atoms. The first kappa shape index (κ1) is 65.9. The van der Waals surface area contributed by atoms with Gasteiger partial charge in [-0.3, -0.25) is 9.35 Å². The lowest BCUT2D eigenvalue weighted by Crippen LogP contribution is -2.60. The molecule has 0 aromatic heterocycles. The summed E-state index contributed by atoms with van der Waals surface area (Å²) < 4.78 is 59.4. The number of rotatable bonds is 52. The van der Waals surface area contributed by atoms with Gasteiger partial charge in [-0.05, 0) is 38.5 Å². The van der Waals surface area contributed by atoms with E-state index in [0.29, 0.717) is 13.0 Å². The zero-order valence-electron chi connectivity index (χ0n) is 44.4. The Hall–Kier alpha value is -1.16. The van der Waals surface area contributed by atoms with Gasteiger partial charge in [-0.2, -0.15) is 8.42 Å². The molecule has 1 fully saturated rings. The van der Waals surface area contributed by atoms with Crippen molar-refractivity contribution in [3.05, 3.63) is 12.2 Å². The molecule has 0 aromatic rings. The second-order valence-electron chi connectivity index (χ2n) is 20.2. The lowest BCUT2D eigenvalue weighted by molar-refractivity contribution is -0.301. The average molecular weight is 1010 g/mol. The number of hydrogen-bond acceptors (Lipinski definition) is 11. The van der Waals surface area contributed by atoms with Crippen molar-refractivity contribution in [2.24, 2.45) is 0 Å². The second kappa shape index (κ2) is 47.8. The van der Waals surface area contributed by atoms with E-state index in [0.717, 1.165) is 44.9 Å². The predicted molar refractivity (Wildman–Crippen MR) is 281 cm³/mol. The Balaban J connectivity index is 2.26. The number of carbonyl (C=O) groups excluding carboxylic acids is 1. The summed E-state index contributed by atoms with van der Waals surface area (Å²) in [6.45, 7) is 4.05. The van der Waals surface area contributed by atoms with Gasteiger partial charge in [0.15, 0.2) is 6.29 Å². The first-order chi connectivity index (χ1) is 33.6. The minimum Gasteiger partial charge on any atom is -0.457 e. The van der Waals surface area contributed by atoms with Crippen molar-refractivity contribution >= 4 is 16.4 Å². The van der Waals surface area contributed by atoms with Crippen molar-refractivity contribution in [3.8, 4) is 0 Å². The second-order valence-corrected chi connectivity index (χ2v) is 21.3. The van der Waals surface area contributed by atoms with Crippen molar-refractivity contribution in [3.63, 3.8) is 0 Å². The molecule has 1 aliphatic rings. The molecule has 0 aromatic carbocycles. The number of unbranched alkanes of at least 4 members (excludes halogenated alkanes) is 37. The summed E-state index contributed by atoms with van der Waals surface area (Å²) in [5.41, 5.74) is 0. The van der Waals surface area contributed by atoms with Crippen LogP contribution in [0.3, 0.4) is 0 Å². The van der Waals surface area contributed by atoms with Gasteiger partial charge in [0, 0.05) is 13.0 Å². The third-order valence-corrected chi connectivity index (χ3v) is 14.1. The summed E-state index contributed by atoms with van der Waals surface area (Å²) in [4.78, 5) is 12.9. The van der Waals surface area contributed by atoms with E-state index in [1.165, 1.54) is 205 Å². The van der Waals surface area contributed by atoms with Crippen molar-refractivity contribution < 1.29 is 56.2 Å². The van der Waals surface area contributed by atoms with Crippen molar-refractivity contribution in [1.82, 2.24) is 0 Å². The van der Waals surface area contributed by atoms with E-state index in [2.05, 4.69) is 30.2 Å². The Bertz CT molecular complexity index is 1250. The Morgan fingerprint density at radius 2 is 0.913 bits per heavy atom. The number of ether oxygens (including phenoxy) is 4. The molecular formula is C56H108O12S. The van der Waals surface area contributed by atoms with Crippen molar-refractivity contribution in [2.75, 3.05) is 26.4 Å². The molecule has 1 aliphatic heterocycles. The molecule has 13 heteroatoms. The van der Waals surface area contributed by atoms with E-state index in [1.54, 1.807) is 0 Å². The minimum absolute atomic E-state index is 0.0409. The molecule has 0 radical (unpaired) electrons. The zero-order chi connectivity index (χ0) is 50.3. The molecule has 0 bridgehead atoms. The molecule has 1 rings (SSSR count). The SMILES string of the molecule is CCCCCCCC/C=C\CCCCCCCCCC(=O)OC(COCCCCCCCCCCCCCCCCCCCCCCCCCCC)COC1OC(CO)C(O)C(OS(=O)(=O)O)C1O. The quantitative estimate of drug-likeness (QED) is 0.0196. The predicted octanol–water partition coefficient (Wildman–Crippen LogP) is 14.1. The van der Waals surface area contributed by atoms with Crippen LogP contribution in [0, 0.1) is 0 Å². The maximum absolute atomic E-state index is 12.9. The first-order valence-electron chi connectivity index (χ1n) is 28.9. The molecule has 1 heterocycles. The van der Waals surface area contributed by atoms with Gasteiger partial charge in [0.25, 0.3) is 0 Å². The Labute approximate surface area is 423 Å². The van der Waals surface area contributed by atoms with Crippen LogP contribution in [0.4, 0.5) is 0 Å². The molecule has 410 valence electrons. The summed E-state index contributed by atoms with van der Waals surface area (Å²) in [6, 6.07) is 0. The summed E-state index contributed by atoms with van der Waals surface area (Å²) in [6.07, 6.45) is 46.8. The molecule has 12 nitrogen and oxygen atoms in total. The van der Waals surface area contributed by atoms with Gasteiger partial charge in [-0.15, -0.1) is 0 Å². The normalized spacial score (nSPS) is 19.2. The van der Waals surface area contributed by atoms with Crippen LogP contribution in [0.5, 0.6) is 0 Å². The number of aliphatic hydroxyl groups is 3. The monoisotopic (exact) mass is 1000 g/mol. The molecular weight excluding hydrogens is 897 g/mol. The summed E-state index contributed by atoms with van der Waals surface area (Å²) in [5.74, 6) is -0.397. The standard InChI is InChI=1S/C56H108O12S/c1-3-5-7-9-11-13-15-17-19-21-22-23-24-25-26-27-28-30-32-34-36-38-40-42-44-46-64-48-50(49-65-56-54(60)55(68-69(61,62)63)53(59)51(47-57)67-56)66-52(58)45-43-41-39-37-35-33-31-29-20-18-16-14-12-10-8-6-4-2/h18,20,50-51,53-57,59-60H,3-17,19,21-49H2,1-2H3,(H,61,62,63)/b20-18-. The smallest absolute Gasteiger partial charge is 0.397 e. The van der Waals surface area contributed by atoms with Crippen molar-refractivity contribution in [2.45, 2.75) is 314 Å². The highest BCUT2D eigenvalue weighted by Crippen LogP contribution is 2.26. The number of hydrogen-bond donors (Lipinski definition) is 4. The van der Waals surface area contributed by atoms with E-state index in [4.69, 9.17) is 18.9 Å². The first-order valence-corrected chi connectivity index (χ1v) is 30.3. The maximum Gasteiger partial charge on any atom is 0.397 e. The van der Waals surface area contributed by atoms with Crippen LogP contribution in [-0.4, -0.2) is 97.5 Å². The highest BCUT2D eigenvalue weighted by Gasteiger charge is 2.48. The third-order valence-electron chi connectivity index (χ3n) is 13.6. The van der Waals surface area contributed by atoms with Gasteiger partial charge in [0.2, 0.25) is 0 Å². The molecule has 0 saturated carbocycles. The minimum atomic E-state index is -5.06. The Morgan fingerprint density at radius 1 is 0.536 bits per heavy atom. The lowest BCUT2D eigenvalue weighted by Gasteiger charge is -2.41. The molecule has 69 heavy (non-hydrogen) atoms. The fourth-order valence-corrected chi connectivity index (χ4v) is 9.77. The van der Waals surface area contributed by atoms with Crippen LogP contribution in [-0.2, 0) is 38.3 Å². The van der Waals surface area contributed by atoms with E-state index < -0.39 is 59.8 Å². The molecule has 6 unspecified atom stereocenters. The van der Waals surface area contributed by atoms with E-state index in [1.807, 2.05) is 0 Å². The van der Waals surface area contributed by atoms with Crippen LogP contribution in [0.25, 0.3) is 0 Å². The van der Waals surface area contributed by atoms with E-state index >= 15 is 0 Å². The van der Waals surface area contributed by atoms with Gasteiger partial charge < -0.3 is 34.3 Å². The van der Waals surface area contributed by atoms with Crippen LogP contribution in [0.2, 0.25) is 0 Å². The Morgan fingerprint density at radius 3 is 1.30 bits per heavy atom. The zero-order valence-corrected chi connectivity index (χ0v) is 45.2. The van der Waals surface area contributed by atoms with Gasteiger partial charge in [-0.25, -0.2) is 4.18 Å². The number of carbonyl (C=O) groups is 1. The van der Waals surface area contributed by atoms with Crippen LogP contribution < -0.4 is 0 Å². The largest absolute Gasteiger partial charge is 0.457 e. The highest BCUT2D eigenvalue weighted by molar-refractivity contribution is 7.80. The Kier molecular flexibility index (Phi) is 45.6. The van der Waals surface area contributed by atoms with Crippen LogP contribution >= 0.6 is 0 Å².